The zero-order valence-corrected chi connectivity index (χ0v) is 17.6. The summed E-state index contributed by atoms with van der Waals surface area (Å²) in [7, 11) is -3.34. The number of hydrogen-bond donors (Lipinski definition) is 0. The van der Waals surface area contributed by atoms with E-state index in [1.807, 2.05) is 24.4 Å². The number of thiophene rings is 1. The summed E-state index contributed by atoms with van der Waals surface area (Å²) >= 11 is 1.41. The number of para-hydroxylation sites is 1. The van der Waals surface area contributed by atoms with Gasteiger partial charge in [-0.15, -0.1) is 11.3 Å². The Morgan fingerprint density at radius 3 is 2.43 bits per heavy atom. The second-order valence-corrected chi connectivity index (χ2v) is 9.94. The lowest BCUT2D eigenvalue weighted by molar-refractivity contribution is -0.136. The fourth-order valence-corrected chi connectivity index (χ4v) is 5.00. The molecule has 154 valence electrons. The van der Waals surface area contributed by atoms with Crippen molar-refractivity contribution in [3.8, 4) is 21.6 Å². The summed E-state index contributed by atoms with van der Waals surface area (Å²) in [5.74, 6) is 0. The first-order chi connectivity index (χ1) is 14.1. The second kappa shape index (κ2) is 7.21. The van der Waals surface area contributed by atoms with Gasteiger partial charge in [0.05, 0.1) is 16.0 Å². The van der Waals surface area contributed by atoms with Crippen LogP contribution < -0.4 is 0 Å². The molecule has 2 aromatic heterocycles. The van der Waals surface area contributed by atoms with Crippen molar-refractivity contribution in [1.82, 2.24) is 4.98 Å². The molecule has 0 saturated heterocycles. The van der Waals surface area contributed by atoms with E-state index in [1.54, 1.807) is 18.2 Å². The van der Waals surface area contributed by atoms with Crippen LogP contribution in [0.1, 0.15) is 11.1 Å². The SMILES string of the molecule is Cc1cnc2c(C(F)(F)F)cccc2c1-c1csc(-c2cccc(S(C)(=O)=O)c2)c1. The Morgan fingerprint density at radius 1 is 1.00 bits per heavy atom. The molecule has 0 spiro atoms. The maximum Gasteiger partial charge on any atom is 0.418 e. The molecule has 2 heterocycles. The number of halogens is 3. The number of fused-ring (bicyclic) bond motifs is 1. The summed E-state index contributed by atoms with van der Waals surface area (Å²) in [5, 5.41) is 2.30. The van der Waals surface area contributed by atoms with Crippen molar-refractivity contribution in [3.05, 3.63) is 71.2 Å². The van der Waals surface area contributed by atoms with Crippen LogP contribution in [-0.4, -0.2) is 19.7 Å². The monoisotopic (exact) mass is 447 g/mol. The molecule has 0 fully saturated rings. The molecule has 0 aliphatic carbocycles. The molecular weight excluding hydrogens is 431 g/mol. The molecular formula is C22H16F3NO2S2. The van der Waals surface area contributed by atoms with E-state index >= 15 is 0 Å². The molecule has 0 atom stereocenters. The summed E-state index contributed by atoms with van der Waals surface area (Å²) in [6.45, 7) is 1.81. The number of pyridine rings is 1. The Hall–Kier alpha value is -2.71. The molecule has 0 amide bonds. The van der Waals surface area contributed by atoms with Crippen LogP contribution in [0, 0.1) is 6.92 Å². The fourth-order valence-electron chi connectivity index (χ4n) is 3.43. The third-order valence-electron chi connectivity index (χ3n) is 4.83. The lowest BCUT2D eigenvalue weighted by Gasteiger charge is -2.13. The minimum Gasteiger partial charge on any atom is -0.255 e. The Labute approximate surface area is 175 Å². The van der Waals surface area contributed by atoms with Crippen LogP contribution in [0.25, 0.3) is 32.5 Å². The lowest BCUT2D eigenvalue weighted by Crippen LogP contribution is -2.07. The fraction of sp³-hybridized carbons (Fsp3) is 0.136. The van der Waals surface area contributed by atoms with Gasteiger partial charge in [0, 0.05) is 22.7 Å². The van der Waals surface area contributed by atoms with Gasteiger partial charge in [-0.2, -0.15) is 13.2 Å². The normalized spacial score (nSPS) is 12.4. The van der Waals surface area contributed by atoms with Gasteiger partial charge in [0.1, 0.15) is 0 Å². The van der Waals surface area contributed by atoms with Crippen LogP contribution in [0.15, 0.2) is 65.0 Å². The molecule has 3 nitrogen and oxygen atoms in total. The van der Waals surface area contributed by atoms with Crippen molar-refractivity contribution < 1.29 is 21.6 Å². The Bertz CT molecular complexity index is 1370. The zero-order chi connectivity index (χ0) is 21.7. The third kappa shape index (κ3) is 3.73. The van der Waals surface area contributed by atoms with Crippen molar-refractivity contribution >= 4 is 32.1 Å². The van der Waals surface area contributed by atoms with Crippen LogP contribution in [0.2, 0.25) is 0 Å². The number of benzene rings is 2. The maximum absolute atomic E-state index is 13.4. The molecule has 0 radical (unpaired) electrons. The minimum atomic E-state index is -4.50. The molecule has 4 aromatic rings. The first-order valence-electron chi connectivity index (χ1n) is 8.90. The molecule has 0 N–H and O–H groups in total. The van der Waals surface area contributed by atoms with Gasteiger partial charge in [-0.3, -0.25) is 4.98 Å². The van der Waals surface area contributed by atoms with E-state index in [4.69, 9.17) is 0 Å². The van der Waals surface area contributed by atoms with Crippen molar-refractivity contribution in [2.75, 3.05) is 6.26 Å². The van der Waals surface area contributed by atoms with Gasteiger partial charge in [-0.05, 0) is 58.8 Å². The molecule has 8 heteroatoms. The first kappa shape index (κ1) is 20.6. The van der Waals surface area contributed by atoms with E-state index in [1.165, 1.54) is 29.7 Å². The van der Waals surface area contributed by atoms with E-state index in [-0.39, 0.29) is 10.4 Å². The average molecular weight is 448 g/mol. The number of sulfone groups is 1. The molecule has 0 aliphatic rings. The molecule has 0 saturated carbocycles. The molecule has 4 rings (SSSR count). The number of nitrogens with zero attached hydrogens (tertiary/aromatic N) is 1. The smallest absolute Gasteiger partial charge is 0.255 e. The van der Waals surface area contributed by atoms with Gasteiger partial charge in [-0.1, -0.05) is 24.3 Å². The van der Waals surface area contributed by atoms with Crippen LogP contribution in [-0.2, 0) is 16.0 Å². The Balaban J connectivity index is 1.88. The largest absolute Gasteiger partial charge is 0.418 e. The Kier molecular flexibility index (Phi) is 4.94. The Morgan fingerprint density at radius 2 is 1.73 bits per heavy atom. The number of aromatic nitrogens is 1. The standard InChI is InChI=1S/C22H16F3NO2S2/c1-13-11-26-21-17(7-4-8-18(21)22(23,24)25)20(13)15-10-19(29-12-15)14-5-3-6-16(9-14)30(2,27)28/h3-12H,1-2H3. The van der Waals surface area contributed by atoms with Crippen LogP contribution >= 0.6 is 11.3 Å². The van der Waals surface area contributed by atoms with Gasteiger partial charge in [0.25, 0.3) is 0 Å². The topological polar surface area (TPSA) is 47.0 Å². The summed E-state index contributed by atoms with van der Waals surface area (Å²) in [4.78, 5) is 5.10. The van der Waals surface area contributed by atoms with E-state index in [9.17, 15) is 21.6 Å². The summed E-state index contributed by atoms with van der Waals surface area (Å²) in [5.41, 5.74) is 2.10. The highest BCUT2D eigenvalue weighted by molar-refractivity contribution is 7.90. The molecule has 0 unspecified atom stereocenters. The first-order valence-corrected chi connectivity index (χ1v) is 11.7. The number of rotatable bonds is 3. The zero-order valence-electron chi connectivity index (χ0n) is 16.0. The third-order valence-corrected chi connectivity index (χ3v) is 6.92. The minimum absolute atomic E-state index is 0.0857. The summed E-state index contributed by atoms with van der Waals surface area (Å²) in [6, 6.07) is 12.5. The van der Waals surface area contributed by atoms with E-state index in [0.29, 0.717) is 10.9 Å². The van der Waals surface area contributed by atoms with Crippen molar-refractivity contribution in [3.63, 3.8) is 0 Å². The number of hydrogen-bond acceptors (Lipinski definition) is 4. The van der Waals surface area contributed by atoms with Crippen LogP contribution in [0.3, 0.4) is 0 Å². The van der Waals surface area contributed by atoms with Gasteiger partial charge in [-0.25, -0.2) is 8.42 Å². The highest BCUT2D eigenvalue weighted by atomic mass is 32.2. The van der Waals surface area contributed by atoms with Gasteiger partial charge < -0.3 is 0 Å². The summed E-state index contributed by atoms with van der Waals surface area (Å²) in [6.07, 6.45) is -1.89. The molecule has 0 bridgehead atoms. The predicted octanol–water partition coefficient (Wildman–Crippen LogP) is 6.36. The van der Waals surface area contributed by atoms with Crippen molar-refractivity contribution in [1.29, 1.82) is 0 Å². The quantitative estimate of drug-likeness (QED) is 0.367. The van der Waals surface area contributed by atoms with E-state index in [0.717, 1.165) is 33.9 Å². The van der Waals surface area contributed by atoms with Crippen LogP contribution in [0.4, 0.5) is 13.2 Å². The number of alkyl halides is 3. The van der Waals surface area contributed by atoms with Crippen molar-refractivity contribution in [2.45, 2.75) is 18.0 Å². The van der Waals surface area contributed by atoms with E-state index in [2.05, 4.69) is 4.98 Å². The molecule has 0 aliphatic heterocycles. The van der Waals surface area contributed by atoms with Crippen LogP contribution in [0.5, 0.6) is 0 Å². The second-order valence-electron chi connectivity index (χ2n) is 7.02. The molecule has 2 aromatic carbocycles. The highest BCUT2D eigenvalue weighted by Gasteiger charge is 2.33. The highest BCUT2D eigenvalue weighted by Crippen LogP contribution is 2.40. The van der Waals surface area contributed by atoms with Gasteiger partial charge in [0.15, 0.2) is 9.84 Å². The molecule has 30 heavy (non-hydrogen) atoms. The number of aryl methyl sites for hydroxylation is 1. The summed E-state index contributed by atoms with van der Waals surface area (Å²) < 4.78 is 64.0. The van der Waals surface area contributed by atoms with E-state index < -0.39 is 21.6 Å². The predicted molar refractivity (Wildman–Crippen MR) is 113 cm³/mol. The van der Waals surface area contributed by atoms with Crippen molar-refractivity contribution in [2.24, 2.45) is 0 Å². The van der Waals surface area contributed by atoms with Gasteiger partial charge in [0.2, 0.25) is 0 Å². The average Bonchev–Trinajstić information content (AvgIpc) is 3.15. The maximum atomic E-state index is 13.4. The van der Waals surface area contributed by atoms with Gasteiger partial charge >= 0.3 is 6.18 Å². The lowest BCUT2D eigenvalue weighted by atomic mass is 9.97.